The summed E-state index contributed by atoms with van der Waals surface area (Å²) in [6.07, 6.45) is 2.66. The molecule has 0 saturated carbocycles. The van der Waals surface area contributed by atoms with Crippen molar-refractivity contribution in [1.29, 1.82) is 0 Å². The molecule has 2 unspecified atom stereocenters. The van der Waals surface area contributed by atoms with E-state index >= 15 is 0 Å². The minimum absolute atomic E-state index is 0.295. The lowest BCUT2D eigenvalue weighted by atomic mass is 10.00. The molecule has 2 heteroatoms. The first-order valence-electron chi connectivity index (χ1n) is 7.00. The van der Waals surface area contributed by atoms with E-state index in [1.807, 2.05) is 18.2 Å². The summed E-state index contributed by atoms with van der Waals surface area (Å²) in [6.45, 7) is 7.49. The summed E-state index contributed by atoms with van der Waals surface area (Å²) in [5, 5.41) is 9.85. The molecule has 1 N–H and O–H groups in total. The molecule has 2 nitrogen and oxygen atoms in total. The molecule has 0 spiro atoms. The molecule has 1 aliphatic carbocycles. The molecule has 0 radical (unpaired) electrons. The third kappa shape index (κ3) is 3.05. The second kappa shape index (κ2) is 5.75. The molecule has 0 aliphatic heterocycles. The van der Waals surface area contributed by atoms with Crippen molar-refractivity contribution >= 4 is 0 Å². The molecule has 1 aromatic rings. The maximum atomic E-state index is 9.85. The van der Waals surface area contributed by atoms with Crippen molar-refractivity contribution in [3.8, 4) is 5.75 Å². The highest BCUT2D eigenvalue weighted by Crippen LogP contribution is 2.36. The number of benzene rings is 1. The van der Waals surface area contributed by atoms with Crippen LogP contribution in [0.25, 0.3) is 0 Å². The molecule has 100 valence electrons. The smallest absolute Gasteiger partial charge is 0.122 e. The molecule has 0 heterocycles. The van der Waals surface area contributed by atoms with Gasteiger partial charge in [-0.05, 0) is 42.7 Å². The van der Waals surface area contributed by atoms with E-state index in [2.05, 4.69) is 20.8 Å². The Morgan fingerprint density at radius 3 is 2.83 bits per heavy atom. The molecule has 2 rings (SSSR count). The van der Waals surface area contributed by atoms with Gasteiger partial charge in [-0.25, -0.2) is 0 Å². The number of rotatable bonds is 5. The van der Waals surface area contributed by atoms with Crippen LogP contribution in [0.1, 0.15) is 50.8 Å². The predicted octanol–water partition coefficient (Wildman–Crippen LogP) is 3.73. The van der Waals surface area contributed by atoms with E-state index in [0.29, 0.717) is 11.8 Å². The van der Waals surface area contributed by atoms with E-state index in [1.54, 1.807) is 0 Å². The van der Waals surface area contributed by atoms with Crippen LogP contribution < -0.4 is 4.74 Å². The predicted molar refractivity (Wildman–Crippen MR) is 73.8 cm³/mol. The van der Waals surface area contributed by atoms with E-state index in [4.69, 9.17) is 4.74 Å². The molecule has 18 heavy (non-hydrogen) atoms. The number of ether oxygens (including phenoxy) is 1. The molecule has 0 amide bonds. The summed E-state index contributed by atoms with van der Waals surface area (Å²) in [6, 6.07) is 6.02. The van der Waals surface area contributed by atoms with Gasteiger partial charge in [0.05, 0.1) is 12.7 Å². The molecule has 0 bridgehead atoms. The van der Waals surface area contributed by atoms with Gasteiger partial charge in [-0.1, -0.05) is 32.9 Å². The first kappa shape index (κ1) is 13.4. The van der Waals surface area contributed by atoms with Gasteiger partial charge in [-0.3, -0.25) is 0 Å². The number of fused-ring (bicyclic) bond motifs is 1. The molecule has 0 fully saturated rings. The Morgan fingerprint density at radius 2 is 2.11 bits per heavy atom. The average molecular weight is 248 g/mol. The van der Waals surface area contributed by atoms with Gasteiger partial charge >= 0.3 is 0 Å². The lowest BCUT2D eigenvalue weighted by Gasteiger charge is -2.17. The van der Waals surface area contributed by atoms with Crippen molar-refractivity contribution in [3.63, 3.8) is 0 Å². The number of aliphatic hydroxyl groups excluding tert-OH is 1. The van der Waals surface area contributed by atoms with Gasteiger partial charge in [0.15, 0.2) is 0 Å². The van der Waals surface area contributed by atoms with Crippen molar-refractivity contribution in [2.45, 2.75) is 46.1 Å². The van der Waals surface area contributed by atoms with Crippen LogP contribution in [0.15, 0.2) is 18.2 Å². The summed E-state index contributed by atoms with van der Waals surface area (Å²) in [5.41, 5.74) is 2.27. The zero-order valence-electron chi connectivity index (χ0n) is 11.6. The van der Waals surface area contributed by atoms with Crippen LogP contribution in [0.5, 0.6) is 5.75 Å². The normalized spacial score (nSPS) is 19.9. The maximum absolute atomic E-state index is 9.85. The van der Waals surface area contributed by atoms with Crippen molar-refractivity contribution in [3.05, 3.63) is 29.3 Å². The van der Waals surface area contributed by atoms with E-state index < -0.39 is 0 Å². The van der Waals surface area contributed by atoms with Crippen LogP contribution in [0, 0.1) is 11.8 Å². The first-order valence-corrected chi connectivity index (χ1v) is 7.00. The van der Waals surface area contributed by atoms with Gasteiger partial charge in [0.25, 0.3) is 0 Å². The van der Waals surface area contributed by atoms with E-state index in [1.165, 1.54) is 12.0 Å². The van der Waals surface area contributed by atoms with E-state index in [9.17, 15) is 5.11 Å². The van der Waals surface area contributed by atoms with Crippen LogP contribution in [0.2, 0.25) is 0 Å². The Balaban J connectivity index is 1.98. The second-order valence-corrected chi connectivity index (χ2v) is 5.92. The lowest BCUT2D eigenvalue weighted by Crippen LogP contribution is -2.11. The van der Waals surface area contributed by atoms with Crippen LogP contribution in [0.4, 0.5) is 0 Å². The highest BCUT2D eigenvalue weighted by atomic mass is 16.5. The largest absolute Gasteiger partial charge is 0.493 e. The molecular formula is C16H24O2. The summed E-state index contributed by atoms with van der Waals surface area (Å²) in [7, 11) is 0. The molecular weight excluding hydrogens is 224 g/mol. The SMILES string of the molecule is CC(C)CC(C)COc1cccc2c1CCC2O. The zero-order valence-corrected chi connectivity index (χ0v) is 11.6. The Kier molecular flexibility index (Phi) is 4.28. The second-order valence-electron chi connectivity index (χ2n) is 5.92. The highest BCUT2D eigenvalue weighted by molar-refractivity contribution is 5.44. The van der Waals surface area contributed by atoms with Crippen LogP contribution in [-0.4, -0.2) is 11.7 Å². The van der Waals surface area contributed by atoms with Crippen LogP contribution in [-0.2, 0) is 6.42 Å². The van der Waals surface area contributed by atoms with Gasteiger partial charge in [-0.15, -0.1) is 0 Å². The van der Waals surface area contributed by atoms with Gasteiger partial charge in [0, 0.05) is 5.56 Å². The fourth-order valence-corrected chi connectivity index (χ4v) is 2.84. The molecule has 2 atom stereocenters. The fourth-order valence-electron chi connectivity index (χ4n) is 2.84. The van der Waals surface area contributed by atoms with Gasteiger partial charge in [-0.2, -0.15) is 0 Å². The van der Waals surface area contributed by atoms with Crippen molar-refractivity contribution in [1.82, 2.24) is 0 Å². The third-order valence-electron chi connectivity index (χ3n) is 3.59. The summed E-state index contributed by atoms with van der Waals surface area (Å²) < 4.78 is 5.95. The van der Waals surface area contributed by atoms with Crippen LogP contribution >= 0.6 is 0 Å². The summed E-state index contributed by atoms with van der Waals surface area (Å²) >= 11 is 0. The summed E-state index contributed by atoms with van der Waals surface area (Å²) in [5.74, 6) is 2.26. The minimum atomic E-state index is -0.295. The third-order valence-corrected chi connectivity index (χ3v) is 3.59. The van der Waals surface area contributed by atoms with Gasteiger partial charge in [0.1, 0.15) is 5.75 Å². The first-order chi connectivity index (χ1) is 8.58. The fraction of sp³-hybridized carbons (Fsp3) is 0.625. The van der Waals surface area contributed by atoms with Gasteiger partial charge < -0.3 is 9.84 Å². The van der Waals surface area contributed by atoms with Crippen molar-refractivity contribution in [2.75, 3.05) is 6.61 Å². The quantitative estimate of drug-likeness (QED) is 0.860. The molecule has 1 aliphatic rings. The molecule has 1 aromatic carbocycles. The Labute approximate surface area is 110 Å². The Bertz CT molecular complexity index is 398. The highest BCUT2D eigenvalue weighted by Gasteiger charge is 2.23. The number of hydrogen-bond donors (Lipinski definition) is 1. The summed E-state index contributed by atoms with van der Waals surface area (Å²) in [4.78, 5) is 0. The van der Waals surface area contributed by atoms with Crippen molar-refractivity contribution < 1.29 is 9.84 Å². The monoisotopic (exact) mass is 248 g/mol. The van der Waals surface area contributed by atoms with Crippen LogP contribution in [0.3, 0.4) is 0 Å². The van der Waals surface area contributed by atoms with E-state index in [0.717, 1.165) is 30.8 Å². The molecule has 0 aromatic heterocycles. The minimum Gasteiger partial charge on any atom is -0.493 e. The zero-order chi connectivity index (χ0) is 13.1. The maximum Gasteiger partial charge on any atom is 0.122 e. The Hall–Kier alpha value is -1.02. The lowest BCUT2D eigenvalue weighted by molar-refractivity contribution is 0.180. The average Bonchev–Trinajstić information content (AvgIpc) is 2.68. The molecule has 0 saturated heterocycles. The van der Waals surface area contributed by atoms with Gasteiger partial charge in [0.2, 0.25) is 0 Å². The Morgan fingerprint density at radius 1 is 1.33 bits per heavy atom. The van der Waals surface area contributed by atoms with Crippen molar-refractivity contribution in [2.24, 2.45) is 11.8 Å². The number of hydrogen-bond acceptors (Lipinski definition) is 2. The number of aliphatic hydroxyl groups is 1. The topological polar surface area (TPSA) is 29.5 Å². The van der Waals surface area contributed by atoms with E-state index in [-0.39, 0.29) is 6.10 Å². The standard InChI is InChI=1S/C16H24O2/c1-11(2)9-12(3)10-18-16-6-4-5-13-14(16)7-8-15(13)17/h4-6,11-12,15,17H,7-10H2,1-3H3.